The van der Waals surface area contributed by atoms with Crippen LogP contribution in [-0.4, -0.2) is 17.8 Å². The summed E-state index contributed by atoms with van der Waals surface area (Å²) in [5.41, 5.74) is 1.37. The number of anilines is 1. The monoisotopic (exact) mass is 266 g/mol. The third-order valence-electron chi connectivity index (χ3n) is 2.05. The summed E-state index contributed by atoms with van der Waals surface area (Å²) in [7, 11) is 1.71. The number of alkyl halides is 1. The van der Waals surface area contributed by atoms with Crippen molar-refractivity contribution in [3.05, 3.63) is 29.8 Å². The smallest absolute Gasteiger partial charge is 0.240 e. The second kappa shape index (κ2) is 4.94. The lowest BCUT2D eigenvalue weighted by molar-refractivity contribution is -0.117. The van der Waals surface area contributed by atoms with E-state index in [1.807, 2.05) is 6.07 Å². The SMILES string of the molecule is CC(Br)C(=O)N(C)c1ccc(C#N)cc1. The Bertz CT molecular complexity index is 392. The highest BCUT2D eigenvalue weighted by molar-refractivity contribution is 9.10. The molecule has 1 atom stereocenters. The Labute approximate surface area is 97.4 Å². The van der Waals surface area contributed by atoms with E-state index in [2.05, 4.69) is 15.9 Å². The lowest BCUT2D eigenvalue weighted by atomic mass is 10.2. The highest BCUT2D eigenvalue weighted by Crippen LogP contribution is 2.15. The van der Waals surface area contributed by atoms with E-state index in [0.29, 0.717) is 5.56 Å². The number of hydrogen-bond acceptors (Lipinski definition) is 2. The predicted octanol–water partition coefficient (Wildman–Crippen LogP) is 2.30. The van der Waals surface area contributed by atoms with Gasteiger partial charge >= 0.3 is 0 Å². The maximum absolute atomic E-state index is 11.6. The molecule has 78 valence electrons. The zero-order valence-corrected chi connectivity index (χ0v) is 10.2. The van der Waals surface area contributed by atoms with Gasteiger partial charge in [0.1, 0.15) is 0 Å². The molecule has 0 aliphatic carbocycles. The number of nitrogens with zero attached hydrogens (tertiary/aromatic N) is 2. The van der Waals surface area contributed by atoms with Crippen LogP contribution in [0, 0.1) is 11.3 Å². The van der Waals surface area contributed by atoms with Gasteiger partial charge in [-0.2, -0.15) is 5.26 Å². The molecular weight excluding hydrogens is 256 g/mol. The molecule has 1 unspecified atom stereocenters. The van der Waals surface area contributed by atoms with E-state index >= 15 is 0 Å². The second-order valence-corrected chi connectivity index (χ2v) is 4.55. The molecule has 1 aromatic rings. The normalized spacial score (nSPS) is 11.6. The quantitative estimate of drug-likeness (QED) is 0.772. The zero-order valence-electron chi connectivity index (χ0n) is 8.57. The molecule has 0 spiro atoms. The molecule has 1 aromatic carbocycles. The Morgan fingerprint density at radius 3 is 2.40 bits per heavy atom. The molecule has 0 heterocycles. The molecule has 0 saturated heterocycles. The van der Waals surface area contributed by atoms with Crippen molar-refractivity contribution < 1.29 is 4.79 Å². The number of carbonyl (C=O) groups is 1. The summed E-state index contributed by atoms with van der Waals surface area (Å²) in [5.74, 6) is -0.0142. The summed E-state index contributed by atoms with van der Waals surface area (Å²) in [5, 5.41) is 8.63. The molecule has 0 saturated carbocycles. The van der Waals surface area contributed by atoms with Crippen molar-refractivity contribution in [2.45, 2.75) is 11.8 Å². The Balaban J connectivity index is 2.88. The number of hydrogen-bond donors (Lipinski definition) is 0. The number of nitriles is 1. The first-order valence-electron chi connectivity index (χ1n) is 4.48. The number of carbonyl (C=O) groups excluding carboxylic acids is 1. The van der Waals surface area contributed by atoms with Crippen LogP contribution in [-0.2, 0) is 4.79 Å². The van der Waals surface area contributed by atoms with E-state index in [9.17, 15) is 4.79 Å². The van der Waals surface area contributed by atoms with Gasteiger partial charge in [-0.05, 0) is 31.2 Å². The summed E-state index contributed by atoms with van der Waals surface area (Å²) in [6.07, 6.45) is 0. The van der Waals surface area contributed by atoms with E-state index < -0.39 is 0 Å². The lowest BCUT2D eigenvalue weighted by Gasteiger charge is -2.18. The van der Waals surface area contributed by atoms with Crippen LogP contribution >= 0.6 is 15.9 Å². The summed E-state index contributed by atoms with van der Waals surface area (Å²) >= 11 is 3.22. The van der Waals surface area contributed by atoms with Crippen molar-refractivity contribution in [2.75, 3.05) is 11.9 Å². The zero-order chi connectivity index (χ0) is 11.4. The van der Waals surface area contributed by atoms with Gasteiger partial charge in [0.05, 0.1) is 16.5 Å². The summed E-state index contributed by atoms with van der Waals surface area (Å²) in [6, 6.07) is 8.93. The minimum atomic E-state index is -0.210. The summed E-state index contributed by atoms with van der Waals surface area (Å²) in [6.45, 7) is 1.78. The fraction of sp³-hybridized carbons (Fsp3) is 0.273. The van der Waals surface area contributed by atoms with Gasteiger partial charge in [-0.1, -0.05) is 15.9 Å². The molecule has 0 N–H and O–H groups in total. The van der Waals surface area contributed by atoms with Gasteiger partial charge in [0.2, 0.25) is 5.91 Å². The highest BCUT2D eigenvalue weighted by Gasteiger charge is 2.15. The fourth-order valence-electron chi connectivity index (χ4n) is 1.15. The standard InChI is InChI=1S/C11H11BrN2O/c1-8(12)11(15)14(2)10-5-3-9(7-13)4-6-10/h3-6,8H,1-2H3. The molecule has 15 heavy (non-hydrogen) atoms. The third kappa shape index (κ3) is 2.80. The van der Waals surface area contributed by atoms with Crippen LogP contribution in [0.2, 0.25) is 0 Å². The van der Waals surface area contributed by atoms with Gasteiger partial charge in [0.25, 0.3) is 0 Å². The van der Waals surface area contributed by atoms with E-state index in [1.165, 1.54) is 0 Å². The first kappa shape index (κ1) is 11.7. The third-order valence-corrected chi connectivity index (χ3v) is 2.45. The molecule has 0 aliphatic heterocycles. The van der Waals surface area contributed by atoms with Gasteiger partial charge in [-0.25, -0.2) is 0 Å². The van der Waals surface area contributed by atoms with E-state index in [0.717, 1.165) is 5.69 Å². The average molecular weight is 267 g/mol. The Hall–Kier alpha value is -1.34. The maximum Gasteiger partial charge on any atom is 0.240 e. The van der Waals surface area contributed by atoms with Crippen LogP contribution in [0.4, 0.5) is 5.69 Å². The van der Waals surface area contributed by atoms with Crippen molar-refractivity contribution in [1.82, 2.24) is 0 Å². The Kier molecular flexibility index (Phi) is 3.87. The number of halogens is 1. The van der Waals surface area contributed by atoms with Gasteiger partial charge in [0, 0.05) is 12.7 Å². The molecule has 0 aliphatic rings. The van der Waals surface area contributed by atoms with Crippen molar-refractivity contribution in [3.63, 3.8) is 0 Å². The highest BCUT2D eigenvalue weighted by atomic mass is 79.9. The Morgan fingerprint density at radius 1 is 1.47 bits per heavy atom. The largest absolute Gasteiger partial charge is 0.315 e. The van der Waals surface area contributed by atoms with Crippen molar-refractivity contribution in [1.29, 1.82) is 5.26 Å². The second-order valence-electron chi connectivity index (χ2n) is 3.17. The molecule has 0 radical (unpaired) electrons. The fourth-order valence-corrected chi connectivity index (χ4v) is 1.46. The number of amides is 1. The molecule has 1 amide bonds. The summed E-state index contributed by atoms with van der Waals surface area (Å²) in [4.78, 5) is 13.0. The van der Waals surface area contributed by atoms with Gasteiger partial charge < -0.3 is 4.90 Å². The van der Waals surface area contributed by atoms with Crippen LogP contribution in [0.1, 0.15) is 12.5 Å². The lowest BCUT2D eigenvalue weighted by Crippen LogP contribution is -2.31. The number of benzene rings is 1. The van der Waals surface area contributed by atoms with Crippen LogP contribution in [0.3, 0.4) is 0 Å². The van der Waals surface area contributed by atoms with E-state index in [-0.39, 0.29) is 10.7 Å². The van der Waals surface area contributed by atoms with Crippen LogP contribution in [0.25, 0.3) is 0 Å². The van der Waals surface area contributed by atoms with Gasteiger partial charge in [-0.15, -0.1) is 0 Å². The average Bonchev–Trinajstić information content (AvgIpc) is 2.27. The molecule has 0 bridgehead atoms. The Morgan fingerprint density at radius 2 is 2.00 bits per heavy atom. The van der Waals surface area contributed by atoms with Crippen molar-refractivity contribution in [3.8, 4) is 6.07 Å². The topological polar surface area (TPSA) is 44.1 Å². The van der Waals surface area contributed by atoms with E-state index in [4.69, 9.17) is 5.26 Å². The first-order chi connectivity index (χ1) is 7.06. The minimum Gasteiger partial charge on any atom is -0.315 e. The van der Waals surface area contributed by atoms with Gasteiger partial charge in [-0.3, -0.25) is 4.79 Å². The van der Waals surface area contributed by atoms with Crippen molar-refractivity contribution >= 4 is 27.5 Å². The molecule has 4 heteroatoms. The van der Waals surface area contributed by atoms with Gasteiger partial charge in [0.15, 0.2) is 0 Å². The summed E-state index contributed by atoms with van der Waals surface area (Å²) < 4.78 is 0. The van der Waals surface area contributed by atoms with Crippen LogP contribution in [0.5, 0.6) is 0 Å². The van der Waals surface area contributed by atoms with Crippen LogP contribution < -0.4 is 4.90 Å². The first-order valence-corrected chi connectivity index (χ1v) is 5.39. The molecule has 0 aromatic heterocycles. The number of rotatable bonds is 2. The van der Waals surface area contributed by atoms with E-state index in [1.54, 1.807) is 43.1 Å². The molecule has 1 rings (SSSR count). The van der Waals surface area contributed by atoms with Crippen molar-refractivity contribution in [2.24, 2.45) is 0 Å². The molecule has 0 fully saturated rings. The van der Waals surface area contributed by atoms with Crippen LogP contribution in [0.15, 0.2) is 24.3 Å². The minimum absolute atomic E-state index is 0.0142. The molecule has 3 nitrogen and oxygen atoms in total. The maximum atomic E-state index is 11.6. The predicted molar refractivity (Wildman–Crippen MR) is 63.0 cm³/mol. The molecular formula is C11H11BrN2O.